The molecule has 5 nitrogen and oxygen atoms in total. The molecule has 1 saturated carbocycles. The Hall–Kier alpha value is -1.56. The molecule has 0 aromatic carbocycles. The number of piperidine rings is 1. The van der Waals surface area contributed by atoms with Crippen molar-refractivity contribution in [3.05, 3.63) is 21.9 Å². The van der Waals surface area contributed by atoms with E-state index < -0.39 is 5.60 Å². The monoisotopic (exact) mass is 364 g/mol. The summed E-state index contributed by atoms with van der Waals surface area (Å²) in [6.45, 7) is 7.72. The summed E-state index contributed by atoms with van der Waals surface area (Å²) in [7, 11) is 0. The summed E-state index contributed by atoms with van der Waals surface area (Å²) in [5.41, 5.74) is 0.781. The second kappa shape index (κ2) is 7.36. The maximum Gasteiger partial charge on any atom is 0.407 e. The Kier molecular flexibility index (Phi) is 5.37. The van der Waals surface area contributed by atoms with Gasteiger partial charge in [0.05, 0.1) is 4.88 Å². The fraction of sp³-hybridized carbons (Fsp3) is 0.684. The molecule has 1 aliphatic heterocycles. The lowest BCUT2D eigenvalue weighted by atomic mass is 9.96. The molecule has 2 heterocycles. The number of ether oxygens (including phenoxy) is 1. The molecule has 25 heavy (non-hydrogen) atoms. The van der Waals surface area contributed by atoms with E-state index in [0.717, 1.165) is 30.8 Å². The van der Waals surface area contributed by atoms with Crippen molar-refractivity contribution >= 4 is 23.3 Å². The van der Waals surface area contributed by atoms with E-state index in [2.05, 4.69) is 11.4 Å². The molecule has 138 valence electrons. The van der Waals surface area contributed by atoms with Crippen LogP contribution in [0.25, 0.3) is 0 Å². The van der Waals surface area contributed by atoms with E-state index in [9.17, 15) is 9.59 Å². The summed E-state index contributed by atoms with van der Waals surface area (Å²) in [4.78, 5) is 27.4. The molecule has 1 saturated heterocycles. The van der Waals surface area contributed by atoms with E-state index in [1.54, 1.807) is 11.3 Å². The molecule has 3 rings (SSSR count). The summed E-state index contributed by atoms with van der Waals surface area (Å²) in [5.74, 6) is 1.21. The van der Waals surface area contributed by atoms with Gasteiger partial charge < -0.3 is 15.0 Å². The van der Waals surface area contributed by atoms with Crippen molar-refractivity contribution in [2.24, 2.45) is 5.92 Å². The Labute approximate surface area is 153 Å². The molecule has 2 amide bonds. The van der Waals surface area contributed by atoms with Crippen molar-refractivity contribution in [1.29, 1.82) is 0 Å². The van der Waals surface area contributed by atoms with Crippen LogP contribution >= 0.6 is 11.3 Å². The van der Waals surface area contributed by atoms with Gasteiger partial charge in [-0.2, -0.15) is 0 Å². The van der Waals surface area contributed by atoms with Gasteiger partial charge >= 0.3 is 6.09 Å². The number of thiophene rings is 1. The van der Waals surface area contributed by atoms with Crippen LogP contribution in [-0.2, 0) is 4.74 Å². The van der Waals surface area contributed by atoms with Crippen molar-refractivity contribution < 1.29 is 14.3 Å². The highest BCUT2D eigenvalue weighted by atomic mass is 32.1. The summed E-state index contributed by atoms with van der Waals surface area (Å²) in [6.07, 6.45) is 3.92. The third-order valence-electron chi connectivity index (χ3n) is 4.74. The number of carbonyl (C=O) groups excluding carboxylic acids is 2. The first-order chi connectivity index (χ1) is 11.8. The van der Waals surface area contributed by atoms with Crippen LogP contribution in [0.15, 0.2) is 11.4 Å². The second-order valence-electron chi connectivity index (χ2n) is 8.10. The summed E-state index contributed by atoms with van der Waals surface area (Å²) >= 11 is 1.58. The molecule has 2 aliphatic rings. The first-order valence-electron chi connectivity index (χ1n) is 9.17. The number of amides is 2. The van der Waals surface area contributed by atoms with Gasteiger partial charge in [0.2, 0.25) is 0 Å². The van der Waals surface area contributed by atoms with Crippen LogP contribution in [-0.4, -0.2) is 42.1 Å². The second-order valence-corrected chi connectivity index (χ2v) is 9.01. The van der Waals surface area contributed by atoms with Crippen molar-refractivity contribution in [2.45, 2.75) is 58.0 Å². The van der Waals surface area contributed by atoms with Gasteiger partial charge in [-0.05, 0) is 75.3 Å². The number of alkyl carbamates (subject to hydrolysis) is 1. The Bertz CT molecular complexity index is 623. The molecule has 2 fully saturated rings. The van der Waals surface area contributed by atoms with Gasteiger partial charge in [0.25, 0.3) is 5.91 Å². The zero-order chi connectivity index (χ0) is 18.0. The Morgan fingerprint density at radius 2 is 1.92 bits per heavy atom. The minimum atomic E-state index is -0.472. The Morgan fingerprint density at radius 1 is 1.24 bits per heavy atom. The zero-order valence-electron chi connectivity index (χ0n) is 15.3. The van der Waals surface area contributed by atoms with E-state index in [1.807, 2.05) is 31.1 Å². The number of nitrogens with zero attached hydrogens (tertiary/aromatic N) is 1. The molecular formula is C19H28N2O3S. The third kappa shape index (κ3) is 4.97. The maximum absolute atomic E-state index is 12.8. The topological polar surface area (TPSA) is 58.6 Å². The van der Waals surface area contributed by atoms with Crippen molar-refractivity contribution in [1.82, 2.24) is 10.2 Å². The lowest BCUT2D eigenvalue weighted by Gasteiger charge is -2.32. The number of hydrogen-bond donors (Lipinski definition) is 1. The van der Waals surface area contributed by atoms with Crippen LogP contribution in [0.5, 0.6) is 0 Å². The summed E-state index contributed by atoms with van der Waals surface area (Å²) in [6, 6.07) is 2.12. The predicted molar refractivity (Wildman–Crippen MR) is 99.2 cm³/mol. The molecule has 1 N–H and O–H groups in total. The molecule has 1 aromatic heterocycles. The molecule has 0 bridgehead atoms. The number of nitrogens with one attached hydrogen (secondary N) is 1. The average molecular weight is 365 g/mol. The summed E-state index contributed by atoms with van der Waals surface area (Å²) < 4.78 is 5.27. The largest absolute Gasteiger partial charge is 0.444 e. The molecule has 0 unspecified atom stereocenters. The molecule has 0 atom stereocenters. The number of rotatable bonds is 4. The van der Waals surface area contributed by atoms with Gasteiger partial charge in [0.15, 0.2) is 0 Å². The van der Waals surface area contributed by atoms with E-state index in [1.165, 1.54) is 18.4 Å². The molecule has 6 heteroatoms. The quantitative estimate of drug-likeness (QED) is 0.878. The van der Waals surface area contributed by atoms with Crippen LogP contribution in [0.4, 0.5) is 4.79 Å². The van der Waals surface area contributed by atoms with Crippen molar-refractivity contribution in [3.63, 3.8) is 0 Å². The fourth-order valence-corrected chi connectivity index (χ4v) is 4.19. The molecule has 0 spiro atoms. The van der Waals surface area contributed by atoms with Crippen molar-refractivity contribution in [3.8, 4) is 0 Å². The third-order valence-corrected chi connectivity index (χ3v) is 5.66. The van der Waals surface area contributed by atoms with Crippen molar-refractivity contribution in [2.75, 3.05) is 19.6 Å². The maximum atomic E-state index is 12.8. The highest BCUT2D eigenvalue weighted by Crippen LogP contribution is 2.43. The zero-order valence-corrected chi connectivity index (χ0v) is 16.2. The SMILES string of the molecule is CC(C)(C)OC(=O)NCC1CCN(C(=O)c2sccc2C2CC2)CC1. The average Bonchev–Trinajstić information content (AvgIpc) is 3.28. The first kappa shape index (κ1) is 18.2. The first-order valence-corrected chi connectivity index (χ1v) is 10.0. The van der Waals surface area contributed by atoms with E-state index in [4.69, 9.17) is 4.74 Å². The normalized spacial score (nSPS) is 18.9. The Morgan fingerprint density at radius 3 is 2.52 bits per heavy atom. The number of carbonyl (C=O) groups is 2. The van der Waals surface area contributed by atoms with Crippen LogP contribution in [0.1, 0.15) is 67.6 Å². The minimum Gasteiger partial charge on any atom is -0.444 e. The van der Waals surface area contributed by atoms with Gasteiger partial charge in [-0.1, -0.05) is 0 Å². The molecule has 1 aliphatic carbocycles. The van der Waals surface area contributed by atoms with Gasteiger partial charge in [-0.25, -0.2) is 4.79 Å². The fourth-order valence-electron chi connectivity index (χ4n) is 3.23. The lowest BCUT2D eigenvalue weighted by Crippen LogP contribution is -2.42. The van der Waals surface area contributed by atoms with E-state index >= 15 is 0 Å². The standard InChI is InChI=1S/C19H28N2O3S/c1-19(2,3)24-18(23)20-12-13-6-9-21(10-7-13)17(22)16-15(8-11-25-16)14-4-5-14/h8,11,13-14H,4-7,9-10,12H2,1-3H3,(H,20,23). The number of hydrogen-bond acceptors (Lipinski definition) is 4. The van der Waals surface area contributed by atoms with Crippen LogP contribution in [0.2, 0.25) is 0 Å². The van der Waals surface area contributed by atoms with E-state index in [-0.39, 0.29) is 12.0 Å². The molecule has 0 radical (unpaired) electrons. The highest BCUT2D eigenvalue weighted by Gasteiger charge is 2.32. The van der Waals surface area contributed by atoms with Crippen LogP contribution in [0.3, 0.4) is 0 Å². The number of likely N-dealkylation sites (tertiary alicyclic amines) is 1. The lowest BCUT2D eigenvalue weighted by molar-refractivity contribution is 0.0500. The predicted octanol–water partition coefficient (Wildman–Crippen LogP) is 4.00. The van der Waals surface area contributed by atoms with Crippen LogP contribution < -0.4 is 5.32 Å². The van der Waals surface area contributed by atoms with E-state index in [0.29, 0.717) is 18.4 Å². The van der Waals surface area contributed by atoms with Gasteiger partial charge in [-0.3, -0.25) is 4.79 Å². The Balaban J connectivity index is 1.45. The van der Waals surface area contributed by atoms with Gasteiger partial charge in [0, 0.05) is 19.6 Å². The van der Waals surface area contributed by atoms with Gasteiger partial charge in [-0.15, -0.1) is 11.3 Å². The highest BCUT2D eigenvalue weighted by molar-refractivity contribution is 7.12. The molecule has 1 aromatic rings. The smallest absolute Gasteiger partial charge is 0.407 e. The van der Waals surface area contributed by atoms with Gasteiger partial charge in [0.1, 0.15) is 5.60 Å². The van der Waals surface area contributed by atoms with Crippen LogP contribution in [0, 0.1) is 5.92 Å². The summed E-state index contributed by atoms with van der Waals surface area (Å²) in [5, 5.41) is 4.89. The molecular weight excluding hydrogens is 336 g/mol. The minimum absolute atomic E-state index is 0.190.